The molecule has 1 N–H and O–H groups in total. The summed E-state index contributed by atoms with van der Waals surface area (Å²) in [6.07, 6.45) is -18.2. The van der Waals surface area contributed by atoms with E-state index in [0.29, 0.717) is 29.2 Å². The van der Waals surface area contributed by atoms with Crippen molar-refractivity contribution in [2.75, 3.05) is 12.0 Å². The van der Waals surface area contributed by atoms with Crippen molar-refractivity contribution in [3.63, 3.8) is 0 Å². The molecule has 0 saturated carbocycles. The van der Waals surface area contributed by atoms with E-state index in [1.807, 2.05) is 0 Å². The molecule has 1 aliphatic rings. The Morgan fingerprint density at radius 2 is 1.46 bits per heavy atom. The van der Waals surface area contributed by atoms with E-state index in [1.165, 1.54) is 0 Å². The summed E-state index contributed by atoms with van der Waals surface area (Å²) in [6.45, 7) is 0.654. The Hall–Kier alpha value is -3.65. The minimum absolute atomic E-state index is 0.102. The summed E-state index contributed by atoms with van der Waals surface area (Å²) in [5.74, 6) is 0. The predicted molar refractivity (Wildman–Crippen MR) is 118 cm³/mol. The first-order chi connectivity index (χ1) is 17.9. The Labute approximate surface area is 215 Å². The van der Waals surface area contributed by atoms with Gasteiger partial charge in [0.15, 0.2) is 0 Å². The van der Waals surface area contributed by atoms with Gasteiger partial charge in [0, 0.05) is 12.6 Å². The number of hydrogen-bond donors (Lipinski definition) is 1. The number of amides is 2. The molecule has 0 aromatic heterocycles. The van der Waals surface area contributed by atoms with Gasteiger partial charge >= 0.3 is 30.7 Å². The molecule has 1 aliphatic heterocycles. The summed E-state index contributed by atoms with van der Waals surface area (Å²) in [5.41, 5.74) is -5.65. The van der Waals surface area contributed by atoms with Gasteiger partial charge in [0.25, 0.3) is 0 Å². The van der Waals surface area contributed by atoms with E-state index in [2.05, 4.69) is 4.74 Å². The lowest BCUT2D eigenvalue weighted by molar-refractivity contribution is -0.143. The Morgan fingerprint density at radius 3 is 1.90 bits per heavy atom. The molecule has 2 atom stereocenters. The number of methoxy groups -OCH3 is 1. The standard InChI is InChI=1S/C24H21F9N2O4/c1-3-16-10-19(17-9-13(22(25,26)27)4-5-18(17)35(16)20(36)37)34(21(38)39-2)11-12-6-14(23(28,29)30)8-15(7-12)24(31,32)33/h4-9,16,19H,3,10-11H2,1-2H3,(H,36,37). The molecule has 2 amide bonds. The van der Waals surface area contributed by atoms with Crippen molar-refractivity contribution in [2.45, 2.75) is 56.9 Å². The molecule has 0 radical (unpaired) electrons. The van der Waals surface area contributed by atoms with Crippen LogP contribution in [0.3, 0.4) is 0 Å². The second kappa shape index (κ2) is 10.5. The third-order valence-electron chi connectivity index (χ3n) is 6.30. The van der Waals surface area contributed by atoms with Crippen molar-refractivity contribution in [3.8, 4) is 0 Å². The number of anilines is 1. The highest BCUT2D eigenvalue weighted by atomic mass is 19.4. The van der Waals surface area contributed by atoms with E-state index in [4.69, 9.17) is 0 Å². The Bertz CT molecular complexity index is 1210. The average molecular weight is 572 g/mol. The fourth-order valence-electron chi connectivity index (χ4n) is 4.53. The molecule has 6 nitrogen and oxygen atoms in total. The maximum absolute atomic E-state index is 13.5. The van der Waals surface area contributed by atoms with Crippen LogP contribution >= 0.6 is 0 Å². The number of hydrogen-bond acceptors (Lipinski definition) is 3. The zero-order chi connectivity index (χ0) is 29.5. The predicted octanol–water partition coefficient (Wildman–Crippen LogP) is 7.72. The molecule has 2 aromatic rings. The largest absolute Gasteiger partial charge is 0.465 e. The molecule has 2 unspecified atom stereocenters. The smallest absolute Gasteiger partial charge is 0.416 e. The Morgan fingerprint density at radius 1 is 0.923 bits per heavy atom. The number of nitrogens with zero attached hydrogens (tertiary/aromatic N) is 2. The van der Waals surface area contributed by atoms with E-state index >= 15 is 0 Å². The SMILES string of the molecule is CCC1CC(N(Cc2cc(C(F)(F)F)cc(C(F)(F)F)c2)C(=O)OC)c2cc(C(F)(F)F)ccc2N1C(=O)O. The normalized spacial score (nSPS) is 18.0. The summed E-state index contributed by atoms with van der Waals surface area (Å²) in [4.78, 5) is 26.3. The van der Waals surface area contributed by atoms with Crippen LogP contribution in [0.2, 0.25) is 0 Å². The number of ether oxygens (including phenoxy) is 1. The van der Waals surface area contributed by atoms with Crippen molar-refractivity contribution in [2.24, 2.45) is 0 Å². The van der Waals surface area contributed by atoms with Crippen molar-refractivity contribution in [1.82, 2.24) is 4.90 Å². The molecular formula is C24H21F9N2O4. The minimum atomic E-state index is -5.18. The first kappa shape index (κ1) is 29.9. The van der Waals surface area contributed by atoms with Gasteiger partial charge in [-0.1, -0.05) is 6.92 Å². The van der Waals surface area contributed by atoms with Gasteiger partial charge in [0.2, 0.25) is 0 Å². The first-order valence-corrected chi connectivity index (χ1v) is 11.2. The van der Waals surface area contributed by atoms with Gasteiger partial charge in [-0.15, -0.1) is 0 Å². The molecule has 0 fully saturated rings. The molecule has 0 spiro atoms. The summed E-state index contributed by atoms with van der Waals surface area (Å²) < 4.78 is 126. The van der Waals surface area contributed by atoms with Gasteiger partial charge in [-0.2, -0.15) is 39.5 Å². The summed E-state index contributed by atoms with van der Waals surface area (Å²) in [6, 6.07) is 0.525. The lowest BCUT2D eigenvalue weighted by Crippen LogP contribution is -2.48. The summed E-state index contributed by atoms with van der Waals surface area (Å²) in [7, 11) is 0.874. The van der Waals surface area contributed by atoms with Crippen LogP contribution in [0.1, 0.15) is 53.6 Å². The van der Waals surface area contributed by atoms with Gasteiger partial charge in [0.1, 0.15) is 0 Å². The van der Waals surface area contributed by atoms with Crippen molar-refractivity contribution < 1.29 is 58.9 Å². The van der Waals surface area contributed by atoms with Crippen LogP contribution in [0.15, 0.2) is 36.4 Å². The maximum atomic E-state index is 13.5. The van der Waals surface area contributed by atoms with Crippen molar-refractivity contribution >= 4 is 17.9 Å². The molecule has 0 saturated heterocycles. The molecule has 39 heavy (non-hydrogen) atoms. The molecule has 15 heteroatoms. The van der Waals surface area contributed by atoms with Crippen LogP contribution < -0.4 is 4.90 Å². The highest BCUT2D eigenvalue weighted by molar-refractivity contribution is 5.89. The number of rotatable bonds is 4. The second-order valence-electron chi connectivity index (χ2n) is 8.75. The third-order valence-corrected chi connectivity index (χ3v) is 6.30. The number of carboxylic acid groups (broad SMARTS) is 1. The topological polar surface area (TPSA) is 70.1 Å². The molecular weight excluding hydrogens is 551 g/mol. The van der Waals surface area contributed by atoms with E-state index in [-0.39, 0.29) is 30.2 Å². The summed E-state index contributed by atoms with van der Waals surface area (Å²) >= 11 is 0. The van der Waals surface area contributed by atoms with Gasteiger partial charge in [-0.05, 0) is 60.4 Å². The first-order valence-electron chi connectivity index (χ1n) is 11.2. The van der Waals surface area contributed by atoms with Crippen LogP contribution in [0.5, 0.6) is 0 Å². The summed E-state index contributed by atoms with van der Waals surface area (Å²) in [5, 5.41) is 9.73. The number of alkyl halides is 9. The van der Waals surface area contributed by atoms with Crippen LogP contribution in [0, 0.1) is 0 Å². The Kier molecular flexibility index (Phi) is 8.04. The number of carbonyl (C=O) groups is 2. The fourth-order valence-corrected chi connectivity index (χ4v) is 4.53. The number of carbonyl (C=O) groups excluding carboxylic acids is 1. The molecule has 1 heterocycles. The highest BCUT2D eigenvalue weighted by Gasteiger charge is 2.43. The zero-order valence-electron chi connectivity index (χ0n) is 20.2. The van der Waals surface area contributed by atoms with Gasteiger partial charge < -0.3 is 9.84 Å². The average Bonchev–Trinajstić information content (AvgIpc) is 2.83. The van der Waals surface area contributed by atoms with E-state index < -0.39 is 71.6 Å². The van der Waals surface area contributed by atoms with Crippen molar-refractivity contribution in [1.29, 1.82) is 0 Å². The Balaban J connectivity index is 2.22. The quantitative estimate of drug-likeness (QED) is 0.381. The van der Waals surface area contributed by atoms with Gasteiger partial charge in [-0.25, -0.2) is 9.59 Å². The fraction of sp³-hybridized carbons (Fsp3) is 0.417. The molecule has 3 rings (SSSR count). The van der Waals surface area contributed by atoms with Gasteiger partial charge in [0.05, 0.1) is 35.5 Å². The third kappa shape index (κ3) is 6.33. The number of halogens is 9. The lowest BCUT2D eigenvalue weighted by Gasteiger charge is -2.43. The van der Waals surface area contributed by atoms with Gasteiger partial charge in [-0.3, -0.25) is 9.80 Å². The number of fused-ring (bicyclic) bond motifs is 1. The minimum Gasteiger partial charge on any atom is -0.465 e. The monoisotopic (exact) mass is 572 g/mol. The zero-order valence-corrected chi connectivity index (χ0v) is 20.2. The van der Waals surface area contributed by atoms with E-state index in [1.54, 1.807) is 6.92 Å². The van der Waals surface area contributed by atoms with Crippen LogP contribution in [0.4, 0.5) is 54.8 Å². The second-order valence-corrected chi connectivity index (χ2v) is 8.75. The van der Waals surface area contributed by atoms with Crippen LogP contribution in [-0.2, 0) is 29.8 Å². The molecule has 0 bridgehead atoms. The lowest BCUT2D eigenvalue weighted by atomic mass is 9.87. The molecule has 0 aliphatic carbocycles. The highest BCUT2D eigenvalue weighted by Crippen LogP contribution is 2.45. The number of benzene rings is 2. The maximum Gasteiger partial charge on any atom is 0.416 e. The van der Waals surface area contributed by atoms with Crippen molar-refractivity contribution in [3.05, 3.63) is 64.2 Å². The van der Waals surface area contributed by atoms with E-state index in [0.717, 1.165) is 18.1 Å². The molecule has 2 aromatic carbocycles. The van der Waals surface area contributed by atoms with Crippen LogP contribution in [0.25, 0.3) is 0 Å². The van der Waals surface area contributed by atoms with Crippen LogP contribution in [-0.4, -0.2) is 35.3 Å². The van der Waals surface area contributed by atoms with E-state index in [9.17, 15) is 54.2 Å². The molecule has 214 valence electrons.